The summed E-state index contributed by atoms with van der Waals surface area (Å²) >= 11 is -1.75. The van der Waals surface area contributed by atoms with Gasteiger partial charge in [-0.15, -0.1) is 0 Å². The zero-order valence-corrected chi connectivity index (χ0v) is 11.3. The number of hydrogen-bond acceptors (Lipinski definition) is 2. The number of halogens is 3. The maximum absolute atomic E-state index is 10.1. The molecule has 0 saturated carbocycles. The van der Waals surface area contributed by atoms with Gasteiger partial charge in [0.1, 0.15) is 0 Å². The molecular formula is C6H13Cl3NO3Ru. The normalized spacial score (nSPS) is 16.4. The molecule has 14 heavy (non-hydrogen) atoms. The molecule has 3 N–H and O–H groups in total. The molecule has 1 heterocycles. The maximum atomic E-state index is 10.1. The average Bonchev–Trinajstić information content (AvgIpc) is 2.36. The van der Waals surface area contributed by atoms with Crippen molar-refractivity contribution in [2.75, 3.05) is 19.6 Å². The Morgan fingerprint density at radius 2 is 1.64 bits per heavy atom. The summed E-state index contributed by atoms with van der Waals surface area (Å²) in [6, 6.07) is 0. The number of aliphatic carboxylic acids is 1. The number of rotatable bonds is 2. The summed E-state index contributed by atoms with van der Waals surface area (Å²) in [7, 11) is 14.8. The SMILES string of the molecule is O.O=C(O)CN1CCCC1.[Cl][Ru]([Cl])[Cl]. The molecule has 8 heteroatoms. The van der Waals surface area contributed by atoms with E-state index in [2.05, 4.69) is 0 Å². The summed E-state index contributed by atoms with van der Waals surface area (Å²) in [6.45, 7) is 2.15. The third-order valence-corrected chi connectivity index (χ3v) is 1.56. The summed E-state index contributed by atoms with van der Waals surface area (Å²) in [5, 5.41) is 8.33. The van der Waals surface area contributed by atoms with Crippen LogP contribution >= 0.6 is 29.1 Å². The van der Waals surface area contributed by atoms with Crippen molar-refractivity contribution in [2.24, 2.45) is 0 Å². The van der Waals surface area contributed by atoms with E-state index in [4.69, 9.17) is 34.2 Å². The molecule has 0 bridgehead atoms. The van der Waals surface area contributed by atoms with Gasteiger partial charge in [-0.05, 0) is 25.9 Å². The second-order valence-electron chi connectivity index (χ2n) is 2.53. The first-order chi connectivity index (χ1) is 6.02. The van der Waals surface area contributed by atoms with Crippen LogP contribution in [-0.2, 0) is 17.8 Å². The van der Waals surface area contributed by atoms with Gasteiger partial charge < -0.3 is 10.6 Å². The Morgan fingerprint density at radius 1 is 1.29 bits per heavy atom. The molecule has 4 nitrogen and oxygen atoms in total. The van der Waals surface area contributed by atoms with Gasteiger partial charge in [0.05, 0.1) is 6.54 Å². The van der Waals surface area contributed by atoms with E-state index in [0.717, 1.165) is 25.9 Å². The summed E-state index contributed by atoms with van der Waals surface area (Å²) in [5.74, 6) is -0.711. The minimum atomic E-state index is -1.75. The van der Waals surface area contributed by atoms with Crippen molar-refractivity contribution in [2.45, 2.75) is 12.8 Å². The molecule has 89 valence electrons. The van der Waals surface area contributed by atoms with Gasteiger partial charge in [-0.1, -0.05) is 0 Å². The fourth-order valence-corrected chi connectivity index (χ4v) is 1.13. The predicted molar refractivity (Wildman–Crippen MR) is 54.5 cm³/mol. The molecule has 0 spiro atoms. The van der Waals surface area contributed by atoms with Crippen LogP contribution in [-0.4, -0.2) is 41.1 Å². The topological polar surface area (TPSA) is 72.0 Å². The second kappa shape index (κ2) is 10.4. The number of likely N-dealkylation sites (tertiary alicyclic amines) is 1. The molecule has 1 aliphatic heterocycles. The van der Waals surface area contributed by atoms with Crippen molar-refractivity contribution in [3.8, 4) is 0 Å². The van der Waals surface area contributed by atoms with Gasteiger partial charge in [-0.3, -0.25) is 9.69 Å². The fourth-order valence-electron chi connectivity index (χ4n) is 1.13. The van der Waals surface area contributed by atoms with Crippen molar-refractivity contribution < 1.29 is 28.4 Å². The van der Waals surface area contributed by atoms with Gasteiger partial charge in [-0.2, -0.15) is 0 Å². The van der Waals surface area contributed by atoms with Gasteiger partial charge in [0, 0.05) is 0 Å². The van der Waals surface area contributed by atoms with Crippen LogP contribution in [0.2, 0.25) is 0 Å². The zero-order valence-electron chi connectivity index (χ0n) is 7.33. The van der Waals surface area contributed by atoms with Crippen LogP contribution in [0.4, 0.5) is 0 Å². The van der Waals surface area contributed by atoms with Crippen molar-refractivity contribution in [1.29, 1.82) is 0 Å². The Bertz CT molecular complexity index is 153. The molecule has 1 saturated heterocycles. The van der Waals surface area contributed by atoms with E-state index < -0.39 is 18.9 Å². The summed E-state index contributed by atoms with van der Waals surface area (Å²) in [4.78, 5) is 12.1. The molecule has 1 aliphatic rings. The van der Waals surface area contributed by atoms with Crippen molar-refractivity contribution in [3.05, 3.63) is 0 Å². The number of carboxylic acids is 1. The van der Waals surface area contributed by atoms with E-state index >= 15 is 0 Å². The van der Waals surface area contributed by atoms with Crippen LogP contribution < -0.4 is 0 Å². The molecule has 0 aliphatic carbocycles. The number of nitrogens with zero attached hydrogens (tertiary/aromatic N) is 1. The second-order valence-corrected chi connectivity index (χ2v) is 10.4. The van der Waals surface area contributed by atoms with Gasteiger partial charge >= 0.3 is 48.0 Å². The molecule has 0 radical (unpaired) electrons. The predicted octanol–water partition coefficient (Wildman–Crippen LogP) is 1.41. The van der Waals surface area contributed by atoms with Crippen molar-refractivity contribution in [3.63, 3.8) is 0 Å². The standard InChI is InChI=1S/C6H11NO2.3ClH.H2O.Ru/c8-6(9)5-7-3-1-2-4-7;;;;;/h1-5H2,(H,8,9);3*1H;1H2;/q;;;;;+3/p-3. The van der Waals surface area contributed by atoms with E-state index in [1.807, 2.05) is 4.90 Å². The number of hydrogen-bond donors (Lipinski definition) is 1. The van der Waals surface area contributed by atoms with E-state index in [1.165, 1.54) is 0 Å². The minimum absolute atomic E-state index is 0. The van der Waals surface area contributed by atoms with Crippen LogP contribution in [0, 0.1) is 0 Å². The first kappa shape index (κ1) is 17.3. The molecule has 0 atom stereocenters. The Hall–Kier alpha value is 0.883. The van der Waals surface area contributed by atoms with Gasteiger partial charge in [-0.25, -0.2) is 0 Å². The Morgan fingerprint density at radius 3 is 1.93 bits per heavy atom. The molecule has 0 unspecified atom stereocenters. The van der Waals surface area contributed by atoms with Crippen molar-refractivity contribution in [1.82, 2.24) is 4.90 Å². The fraction of sp³-hybridized carbons (Fsp3) is 0.833. The first-order valence-corrected chi connectivity index (χ1v) is 10.3. The quantitative estimate of drug-likeness (QED) is 0.762. The molecule has 0 aromatic rings. The van der Waals surface area contributed by atoms with E-state index in [1.54, 1.807) is 0 Å². The molecule has 1 fully saturated rings. The zero-order chi connectivity index (χ0) is 10.3. The van der Waals surface area contributed by atoms with Gasteiger partial charge in [0.2, 0.25) is 0 Å². The van der Waals surface area contributed by atoms with Gasteiger partial charge in [0.25, 0.3) is 0 Å². The number of carboxylic acid groups (broad SMARTS) is 1. The third kappa shape index (κ3) is 12.9. The van der Waals surface area contributed by atoms with Crippen LogP contribution in [0.5, 0.6) is 0 Å². The number of carbonyl (C=O) groups is 1. The van der Waals surface area contributed by atoms with Crippen LogP contribution in [0.25, 0.3) is 0 Å². The van der Waals surface area contributed by atoms with Crippen molar-refractivity contribution >= 4 is 35.0 Å². The average molecular weight is 355 g/mol. The molecule has 0 aromatic carbocycles. The third-order valence-electron chi connectivity index (χ3n) is 1.56. The molecule has 0 amide bonds. The van der Waals surface area contributed by atoms with Crippen LogP contribution in [0.1, 0.15) is 12.8 Å². The van der Waals surface area contributed by atoms with Gasteiger partial charge in [0.15, 0.2) is 0 Å². The van der Waals surface area contributed by atoms with E-state index in [0.29, 0.717) is 0 Å². The Labute approximate surface area is 100 Å². The van der Waals surface area contributed by atoms with E-state index in [-0.39, 0.29) is 12.0 Å². The monoisotopic (exact) mass is 354 g/mol. The summed E-state index contributed by atoms with van der Waals surface area (Å²) in [6.07, 6.45) is 2.32. The molecule has 1 rings (SSSR count). The van der Waals surface area contributed by atoms with E-state index in [9.17, 15) is 4.79 Å². The Balaban J connectivity index is 0. The molecule has 0 aromatic heterocycles. The Kier molecular flexibility index (Phi) is 12.8. The first-order valence-electron chi connectivity index (χ1n) is 3.63. The summed E-state index contributed by atoms with van der Waals surface area (Å²) < 4.78 is 0. The van der Waals surface area contributed by atoms with Crippen LogP contribution in [0.3, 0.4) is 0 Å². The summed E-state index contributed by atoms with van der Waals surface area (Å²) in [5.41, 5.74) is 0. The molecular weight excluding hydrogens is 341 g/mol. The van der Waals surface area contributed by atoms with Crippen LogP contribution in [0.15, 0.2) is 0 Å².